The highest BCUT2D eigenvalue weighted by Crippen LogP contribution is 2.28. The minimum absolute atomic E-state index is 0.0729. The molecule has 1 aliphatic rings. The number of sulfonamides is 1. The van der Waals surface area contributed by atoms with Gasteiger partial charge in [0.25, 0.3) is 5.91 Å². The molecular weight excluding hydrogens is 458 g/mol. The lowest BCUT2D eigenvalue weighted by Gasteiger charge is -2.35. The predicted octanol–water partition coefficient (Wildman–Crippen LogP) is 3.51. The lowest BCUT2D eigenvalue weighted by Crippen LogP contribution is -2.48. The first-order valence-electron chi connectivity index (χ1n) is 10.7. The van der Waals surface area contributed by atoms with Gasteiger partial charge in [-0.25, -0.2) is 8.42 Å². The molecule has 0 aliphatic carbocycles. The number of piperazine rings is 1. The van der Waals surface area contributed by atoms with Crippen LogP contribution in [0.1, 0.15) is 20.8 Å². The van der Waals surface area contributed by atoms with Crippen LogP contribution in [0.5, 0.6) is 5.75 Å². The highest BCUT2D eigenvalue weighted by Gasteiger charge is 2.32. The number of carbonyl (C=O) groups excluding carboxylic acids is 1. The van der Waals surface area contributed by atoms with Crippen LogP contribution in [0, 0.1) is 6.92 Å². The molecule has 1 aromatic heterocycles. The standard InChI is InChI=1S/C24H27N3O4S2/c1-18-6-8-19(9-7-18)17-25-24(28)23-22(10-15-32-23)33(29,30)27-13-11-26(12-14-27)20-4-3-5-21(16-20)31-2/h3-10,15-16H,11-14,17H2,1-2H3,(H,25,28). The summed E-state index contributed by atoms with van der Waals surface area (Å²) in [6.45, 7) is 4.16. The number of aryl methyl sites for hydroxylation is 1. The van der Waals surface area contributed by atoms with E-state index in [-0.39, 0.29) is 15.7 Å². The lowest BCUT2D eigenvalue weighted by molar-refractivity contribution is 0.0952. The molecule has 0 spiro atoms. The minimum Gasteiger partial charge on any atom is -0.497 e. The average molecular weight is 486 g/mol. The van der Waals surface area contributed by atoms with Crippen LogP contribution in [0.3, 0.4) is 0 Å². The maximum atomic E-state index is 13.3. The molecule has 0 atom stereocenters. The number of nitrogens with zero attached hydrogens (tertiary/aromatic N) is 2. The van der Waals surface area contributed by atoms with Crippen LogP contribution in [0.2, 0.25) is 0 Å². The van der Waals surface area contributed by atoms with Gasteiger partial charge in [-0.2, -0.15) is 4.31 Å². The average Bonchev–Trinajstić information content (AvgIpc) is 3.35. The maximum Gasteiger partial charge on any atom is 0.263 e. The summed E-state index contributed by atoms with van der Waals surface area (Å²) in [5, 5.41) is 4.50. The van der Waals surface area contributed by atoms with Gasteiger partial charge in [0, 0.05) is 44.5 Å². The van der Waals surface area contributed by atoms with Crippen molar-refractivity contribution in [3.05, 3.63) is 76.0 Å². The third kappa shape index (κ3) is 5.21. The molecule has 0 bridgehead atoms. The molecule has 4 rings (SSSR count). The largest absolute Gasteiger partial charge is 0.497 e. The Kier molecular flexibility index (Phi) is 7.02. The molecule has 1 fully saturated rings. The van der Waals surface area contributed by atoms with E-state index >= 15 is 0 Å². The molecule has 1 aliphatic heterocycles. The summed E-state index contributed by atoms with van der Waals surface area (Å²) in [7, 11) is -2.15. The maximum absolute atomic E-state index is 13.3. The van der Waals surface area contributed by atoms with Crippen LogP contribution in [0.4, 0.5) is 5.69 Å². The Balaban J connectivity index is 1.42. The SMILES string of the molecule is COc1cccc(N2CCN(S(=O)(=O)c3ccsc3C(=O)NCc3ccc(C)cc3)CC2)c1. The normalized spacial score (nSPS) is 14.8. The molecule has 0 radical (unpaired) electrons. The number of nitrogens with one attached hydrogen (secondary N) is 1. The number of hydrogen-bond acceptors (Lipinski definition) is 6. The number of ether oxygens (including phenoxy) is 1. The van der Waals surface area contributed by atoms with Gasteiger partial charge in [-0.15, -0.1) is 11.3 Å². The second kappa shape index (κ2) is 9.94. The Labute approximate surface area is 198 Å². The Morgan fingerprint density at radius 1 is 1.06 bits per heavy atom. The van der Waals surface area contributed by atoms with Crippen molar-refractivity contribution in [1.29, 1.82) is 0 Å². The number of anilines is 1. The van der Waals surface area contributed by atoms with Crippen LogP contribution >= 0.6 is 11.3 Å². The molecule has 1 amide bonds. The monoisotopic (exact) mass is 485 g/mol. The van der Waals surface area contributed by atoms with E-state index in [0.717, 1.165) is 33.9 Å². The summed E-state index contributed by atoms with van der Waals surface area (Å²) >= 11 is 1.15. The molecule has 9 heteroatoms. The molecule has 3 aromatic rings. The number of benzene rings is 2. The first-order valence-corrected chi connectivity index (χ1v) is 13.0. The van der Waals surface area contributed by atoms with Crippen molar-refractivity contribution < 1.29 is 17.9 Å². The van der Waals surface area contributed by atoms with Gasteiger partial charge >= 0.3 is 0 Å². The fourth-order valence-corrected chi connectivity index (χ4v) is 6.51. The zero-order chi connectivity index (χ0) is 23.4. The summed E-state index contributed by atoms with van der Waals surface area (Å²) in [6, 6.07) is 17.1. The van der Waals surface area contributed by atoms with Gasteiger partial charge in [-0.05, 0) is 36.1 Å². The van der Waals surface area contributed by atoms with Gasteiger partial charge in [-0.3, -0.25) is 4.79 Å². The Hall–Kier alpha value is -2.88. The molecule has 7 nitrogen and oxygen atoms in total. The fraction of sp³-hybridized carbons (Fsp3) is 0.292. The number of thiophene rings is 1. The molecule has 0 saturated carbocycles. The first kappa shape index (κ1) is 23.3. The van der Waals surface area contributed by atoms with E-state index in [9.17, 15) is 13.2 Å². The zero-order valence-corrected chi connectivity index (χ0v) is 20.3. The van der Waals surface area contributed by atoms with E-state index in [4.69, 9.17) is 4.74 Å². The molecular formula is C24H27N3O4S2. The molecule has 1 N–H and O–H groups in total. The van der Waals surface area contributed by atoms with E-state index in [1.165, 1.54) is 10.4 Å². The Bertz CT molecular complexity index is 1210. The van der Waals surface area contributed by atoms with Gasteiger partial charge in [0.1, 0.15) is 15.5 Å². The first-order chi connectivity index (χ1) is 15.9. The number of rotatable bonds is 7. The number of hydrogen-bond donors (Lipinski definition) is 1. The molecule has 0 unspecified atom stereocenters. The van der Waals surface area contributed by atoms with E-state index in [0.29, 0.717) is 32.7 Å². The van der Waals surface area contributed by atoms with Crippen molar-refractivity contribution >= 4 is 33.0 Å². The van der Waals surface area contributed by atoms with Gasteiger partial charge in [0.15, 0.2) is 0 Å². The van der Waals surface area contributed by atoms with Crippen molar-refractivity contribution in [2.45, 2.75) is 18.4 Å². The van der Waals surface area contributed by atoms with Gasteiger partial charge in [0.05, 0.1) is 7.11 Å². The number of amides is 1. The minimum atomic E-state index is -3.77. The topological polar surface area (TPSA) is 79.0 Å². The van der Waals surface area contributed by atoms with Crippen LogP contribution in [-0.2, 0) is 16.6 Å². The zero-order valence-electron chi connectivity index (χ0n) is 18.7. The van der Waals surface area contributed by atoms with Crippen LogP contribution in [0.25, 0.3) is 0 Å². The van der Waals surface area contributed by atoms with Crippen molar-refractivity contribution in [3.63, 3.8) is 0 Å². The third-order valence-corrected chi connectivity index (χ3v) is 8.67. The van der Waals surface area contributed by atoms with Crippen LogP contribution in [-0.4, -0.2) is 51.9 Å². The van der Waals surface area contributed by atoms with Gasteiger partial charge in [0.2, 0.25) is 10.0 Å². The van der Waals surface area contributed by atoms with Crippen LogP contribution < -0.4 is 15.0 Å². The smallest absolute Gasteiger partial charge is 0.263 e. The van der Waals surface area contributed by atoms with Gasteiger partial charge < -0.3 is 15.0 Å². The van der Waals surface area contributed by atoms with E-state index < -0.39 is 10.0 Å². The highest BCUT2D eigenvalue weighted by atomic mass is 32.2. The molecule has 1 saturated heterocycles. The van der Waals surface area contributed by atoms with E-state index in [1.54, 1.807) is 12.5 Å². The second-order valence-corrected chi connectivity index (χ2v) is 10.7. The van der Waals surface area contributed by atoms with Crippen molar-refractivity contribution in [2.75, 3.05) is 38.2 Å². The van der Waals surface area contributed by atoms with Crippen molar-refractivity contribution in [2.24, 2.45) is 0 Å². The number of carbonyl (C=O) groups is 1. The lowest BCUT2D eigenvalue weighted by atomic mass is 10.1. The summed E-state index contributed by atoms with van der Waals surface area (Å²) < 4.78 is 33.4. The third-order valence-electron chi connectivity index (χ3n) is 5.68. The summed E-state index contributed by atoms with van der Waals surface area (Å²) in [5.41, 5.74) is 3.10. The Morgan fingerprint density at radius 2 is 1.79 bits per heavy atom. The fourth-order valence-electron chi connectivity index (χ4n) is 3.77. The van der Waals surface area contributed by atoms with Crippen LogP contribution in [0.15, 0.2) is 64.9 Å². The molecule has 174 valence electrons. The van der Waals surface area contributed by atoms with E-state index in [2.05, 4.69) is 10.2 Å². The van der Waals surface area contributed by atoms with Crippen molar-refractivity contribution in [1.82, 2.24) is 9.62 Å². The molecule has 2 heterocycles. The quantitative estimate of drug-likeness (QED) is 0.554. The second-order valence-electron chi connectivity index (χ2n) is 7.87. The summed E-state index contributed by atoms with van der Waals surface area (Å²) in [5.74, 6) is 0.390. The summed E-state index contributed by atoms with van der Waals surface area (Å²) in [6.07, 6.45) is 0. The molecule has 33 heavy (non-hydrogen) atoms. The van der Waals surface area contributed by atoms with E-state index in [1.807, 2.05) is 55.5 Å². The Morgan fingerprint density at radius 3 is 2.48 bits per heavy atom. The molecule has 2 aromatic carbocycles. The highest BCUT2D eigenvalue weighted by molar-refractivity contribution is 7.89. The van der Waals surface area contributed by atoms with Crippen molar-refractivity contribution in [3.8, 4) is 5.75 Å². The van der Waals surface area contributed by atoms with Gasteiger partial charge in [-0.1, -0.05) is 35.9 Å². The summed E-state index contributed by atoms with van der Waals surface area (Å²) in [4.78, 5) is 15.2. The number of methoxy groups -OCH3 is 1. The predicted molar refractivity (Wildman–Crippen MR) is 131 cm³/mol.